The molecule has 0 aliphatic heterocycles. The first-order valence-electron chi connectivity index (χ1n) is 15.9. The molecule has 4 atom stereocenters. The van der Waals surface area contributed by atoms with Crippen molar-refractivity contribution in [2.75, 3.05) is 13.1 Å². The van der Waals surface area contributed by atoms with E-state index >= 15 is 0 Å². The van der Waals surface area contributed by atoms with Gasteiger partial charge in [-0.1, -0.05) is 24.3 Å². The first-order valence-corrected chi connectivity index (χ1v) is 15.9. The normalized spacial score (nSPS) is 13.1. The molecule has 2 aromatic rings. The van der Waals surface area contributed by atoms with E-state index in [4.69, 9.17) is 11.5 Å². The van der Waals surface area contributed by atoms with Crippen LogP contribution in [0.25, 0.3) is 0 Å². The molecule has 0 spiro atoms. The maximum atomic E-state index is 13.9. The van der Waals surface area contributed by atoms with E-state index in [1.54, 1.807) is 0 Å². The third kappa shape index (κ3) is 15.0. The van der Waals surface area contributed by atoms with Crippen LogP contribution in [-0.4, -0.2) is 94.0 Å². The minimum atomic E-state index is -1.43. The van der Waals surface area contributed by atoms with Gasteiger partial charge in [0.25, 0.3) is 0 Å². The van der Waals surface area contributed by atoms with Gasteiger partial charge in [-0.3, -0.25) is 33.6 Å². The zero-order chi connectivity index (χ0) is 37.2. The van der Waals surface area contributed by atoms with Crippen LogP contribution in [0.3, 0.4) is 0 Å². The van der Waals surface area contributed by atoms with E-state index in [0.29, 0.717) is 30.5 Å². The van der Waals surface area contributed by atoms with E-state index in [-0.39, 0.29) is 37.2 Å². The molecule has 17 heteroatoms. The Labute approximate surface area is 288 Å². The molecule has 12 N–H and O–H groups in total. The number of benzene rings is 2. The second-order valence-corrected chi connectivity index (χ2v) is 11.6. The highest BCUT2D eigenvalue weighted by atomic mass is 16.4. The summed E-state index contributed by atoms with van der Waals surface area (Å²) in [5.41, 5.74) is 12.1. The third-order valence-corrected chi connectivity index (χ3v) is 7.42. The van der Waals surface area contributed by atoms with Crippen molar-refractivity contribution in [2.24, 2.45) is 11.5 Å². The summed E-state index contributed by atoms with van der Waals surface area (Å²) in [4.78, 5) is 88.1. The van der Waals surface area contributed by atoms with Crippen molar-refractivity contribution in [1.29, 1.82) is 0 Å². The molecular formula is C33H45N7O10. The largest absolute Gasteiger partial charge is 0.508 e. The number of nitrogens with two attached hydrogens (primary N) is 2. The standard InChI is InChI=1S/C33H45N7O10/c1-19(41)36-18-28(44)37-25(13-14-29(45)46)31(48)39-27(17-21-7-11-23(43)12-8-21)33(50)40-26(16-20-5-9-22(42)10-6-20)32(49)38-24(30(35)47)4-2-3-15-34/h5-12,24-27,42-43H,2-4,13-18,34H2,1H3,(H2,35,47)(H,36,41)(H,37,44)(H,38,49)(H,39,48)(H,40,50)(H,45,46). The number of rotatable bonds is 21. The summed E-state index contributed by atoms with van der Waals surface area (Å²) in [5.74, 6) is -5.98. The number of carbonyl (C=O) groups is 7. The van der Waals surface area contributed by atoms with E-state index in [2.05, 4.69) is 26.6 Å². The van der Waals surface area contributed by atoms with E-state index < -0.39 is 78.5 Å². The van der Waals surface area contributed by atoms with Gasteiger partial charge < -0.3 is 53.4 Å². The number of carbonyl (C=O) groups excluding carboxylic acids is 6. The molecule has 0 saturated carbocycles. The number of hydrogen-bond donors (Lipinski definition) is 10. The molecule has 17 nitrogen and oxygen atoms in total. The zero-order valence-corrected chi connectivity index (χ0v) is 27.6. The monoisotopic (exact) mass is 699 g/mol. The lowest BCUT2D eigenvalue weighted by molar-refractivity contribution is -0.138. The van der Waals surface area contributed by atoms with E-state index in [1.165, 1.54) is 55.5 Å². The van der Waals surface area contributed by atoms with Crippen LogP contribution in [0.2, 0.25) is 0 Å². The van der Waals surface area contributed by atoms with Crippen molar-refractivity contribution in [3.8, 4) is 11.5 Å². The summed E-state index contributed by atoms with van der Waals surface area (Å²) < 4.78 is 0. The Balaban J connectivity index is 2.41. The van der Waals surface area contributed by atoms with Crippen LogP contribution in [0.15, 0.2) is 48.5 Å². The zero-order valence-electron chi connectivity index (χ0n) is 27.6. The molecule has 50 heavy (non-hydrogen) atoms. The van der Waals surface area contributed by atoms with Crippen molar-refractivity contribution in [2.45, 2.75) is 76.0 Å². The molecule has 0 saturated heterocycles. The maximum absolute atomic E-state index is 13.9. The van der Waals surface area contributed by atoms with E-state index in [0.717, 1.165) is 0 Å². The Kier molecular flexibility index (Phi) is 16.7. The lowest BCUT2D eigenvalue weighted by Crippen LogP contribution is -2.59. The molecule has 0 radical (unpaired) electrons. The van der Waals surface area contributed by atoms with E-state index in [9.17, 15) is 48.9 Å². The summed E-state index contributed by atoms with van der Waals surface area (Å²) in [7, 11) is 0. The average molecular weight is 700 g/mol. The van der Waals surface area contributed by atoms with Crippen molar-refractivity contribution in [3.05, 3.63) is 59.7 Å². The molecule has 0 aliphatic carbocycles. The van der Waals surface area contributed by atoms with Gasteiger partial charge in [-0.25, -0.2) is 0 Å². The number of primary amides is 1. The lowest BCUT2D eigenvalue weighted by atomic mass is 10.0. The van der Waals surface area contributed by atoms with Crippen molar-refractivity contribution >= 4 is 41.4 Å². The number of aliphatic carboxylic acids is 1. The van der Waals surface area contributed by atoms with Gasteiger partial charge >= 0.3 is 5.97 Å². The van der Waals surface area contributed by atoms with Crippen molar-refractivity contribution in [1.82, 2.24) is 26.6 Å². The number of phenolic OH excluding ortho intramolecular Hbond substituents is 2. The fourth-order valence-electron chi connectivity index (χ4n) is 4.74. The smallest absolute Gasteiger partial charge is 0.303 e. The molecular weight excluding hydrogens is 654 g/mol. The number of nitrogens with one attached hydrogen (secondary N) is 5. The highest BCUT2D eigenvalue weighted by Crippen LogP contribution is 2.14. The van der Waals surface area contributed by atoms with Crippen LogP contribution in [-0.2, 0) is 46.4 Å². The lowest BCUT2D eigenvalue weighted by Gasteiger charge is -2.26. The molecule has 0 aromatic heterocycles. The second-order valence-electron chi connectivity index (χ2n) is 11.6. The Bertz CT molecular complexity index is 1480. The Morgan fingerprint density at radius 2 is 1.12 bits per heavy atom. The molecule has 272 valence electrons. The van der Waals surface area contributed by atoms with E-state index in [1.807, 2.05) is 0 Å². The predicted molar refractivity (Wildman–Crippen MR) is 179 cm³/mol. The topological polar surface area (TPSA) is 292 Å². The van der Waals surface area contributed by atoms with Gasteiger partial charge in [0.15, 0.2) is 0 Å². The molecule has 2 aromatic carbocycles. The van der Waals surface area contributed by atoms with Crippen LogP contribution in [0, 0.1) is 0 Å². The summed E-state index contributed by atoms with van der Waals surface area (Å²) >= 11 is 0. The van der Waals surface area contributed by atoms with Crippen molar-refractivity contribution in [3.63, 3.8) is 0 Å². The van der Waals surface area contributed by atoms with Crippen LogP contribution >= 0.6 is 0 Å². The summed E-state index contributed by atoms with van der Waals surface area (Å²) in [6.07, 6.45) is 0.118. The van der Waals surface area contributed by atoms with Gasteiger partial charge in [0.2, 0.25) is 35.4 Å². The van der Waals surface area contributed by atoms with Gasteiger partial charge in [-0.2, -0.15) is 0 Å². The summed E-state index contributed by atoms with van der Waals surface area (Å²) in [6.45, 7) is 1.05. The second kappa shape index (κ2) is 20.6. The highest BCUT2D eigenvalue weighted by Gasteiger charge is 2.31. The highest BCUT2D eigenvalue weighted by molar-refractivity contribution is 5.96. The molecule has 0 fully saturated rings. The number of phenols is 2. The SMILES string of the molecule is CC(=O)NCC(=O)NC(CCC(=O)O)C(=O)NC(Cc1ccc(O)cc1)C(=O)NC(Cc1ccc(O)cc1)C(=O)NC(CCCCN)C(N)=O. The quantitative estimate of drug-likeness (QED) is 0.0665. The number of unbranched alkanes of at least 4 members (excludes halogenated alkanes) is 1. The van der Waals surface area contributed by atoms with Crippen LogP contribution in [0.4, 0.5) is 0 Å². The minimum Gasteiger partial charge on any atom is -0.508 e. The average Bonchev–Trinajstić information content (AvgIpc) is 3.06. The van der Waals surface area contributed by atoms with Crippen LogP contribution < -0.4 is 38.1 Å². The summed E-state index contributed by atoms with van der Waals surface area (Å²) in [6, 6.07) is 6.33. The van der Waals surface area contributed by atoms with Gasteiger partial charge in [0.1, 0.15) is 35.7 Å². The first kappa shape index (κ1) is 40.5. The minimum absolute atomic E-state index is 0.0363. The number of hydrogen-bond acceptors (Lipinski definition) is 10. The maximum Gasteiger partial charge on any atom is 0.303 e. The number of carboxylic acids is 1. The molecule has 0 bridgehead atoms. The molecule has 6 amide bonds. The molecule has 0 heterocycles. The van der Waals surface area contributed by atoms with Gasteiger partial charge in [0, 0.05) is 26.2 Å². The summed E-state index contributed by atoms with van der Waals surface area (Å²) in [5, 5.41) is 41.0. The third-order valence-electron chi connectivity index (χ3n) is 7.42. The van der Waals surface area contributed by atoms with Crippen LogP contribution in [0.5, 0.6) is 11.5 Å². The number of carboxylic acid groups (broad SMARTS) is 1. The van der Waals surface area contributed by atoms with Crippen LogP contribution in [0.1, 0.15) is 50.2 Å². The Morgan fingerprint density at radius 1 is 0.660 bits per heavy atom. The molecule has 4 unspecified atom stereocenters. The van der Waals surface area contributed by atoms with Gasteiger partial charge in [0.05, 0.1) is 6.54 Å². The van der Waals surface area contributed by atoms with Crippen molar-refractivity contribution < 1.29 is 48.9 Å². The fourth-order valence-corrected chi connectivity index (χ4v) is 4.74. The molecule has 0 aliphatic rings. The first-order chi connectivity index (χ1) is 23.7. The van der Waals surface area contributed by atoms with Gasteiger partial charge in [-0.05, 0) is 67.6 Å². The Morgan fingerprint density at radius 3 is 1.54 bits per heavy atom. The molecule has 2 rings (SSSR count). The Hall–Kier alpha value is -5.71. The number of amides is 6. The number of aromatic hydroxyl groups is 2. The predicted octanol–water partition coefficient (Wildman–Crippen LogP) is -1.56. The van der Waals surface area contributed by atoms with Gasteiger partial charge in [-0.15, -0.1) is 0 Å². The fraction of sp³-hybridized carbons (Fsp3) is 0.424.